The molecule has 0 amide bonds. The molecule has 23 heavy (non-hydrogen) atoms. The second kappa shape index (κ2) is 8.28. The first-order chi connectivity index (χ1) is 11.2. The Morgan fingerprint density at radius 2 is 2.00 bits per heavy atom. The molecule has 1 aromatic heterocycles. The van der Waals surface area contributed by atoms with Crippen LogP contribution in [-0.2, 0) is 4.74 Å². The summed E-state index contributed by atoms with van der Waals surface area (Å²) >= 11 is 1.35. The van der Waals surface area contributed by atoms with Crippen LogP contribution in [0.4, 0.5) is 5.82 Å². The van der Waals surface area contributed by atoms with Gasteiger partial charge in [0, 0.05) is 11.8 Å². The van der Waals surface area contributed by atoms with E-state index in [1.165, 1.54) is 18.0 Å². The molecule has 1 aromatic carbocycles. The quantitative estimate of drug-likeness (QED) is 0.361. The summed E-state index contributed by atoms with van der Waals surface area (Å²) in [4.78, 5) is 32.4. The number of Topliss-reactive ketones (excluding diaryl/α,β-unsaturated/α-hetero) is 1. The molecule has 7 heteroatoms. The maximum absolute atomic E-state index is 12.2. The average Bonchev–Trinajstić information content (AvgIpc) is 2.60. The van der Waals surface area contributed by atoms with Crippen molar-refractivity contribution >= 4 is 29.3 Å². The monoisotopic (exact) mass is 331 g/mol. The highest BCUT2D eigenvalue weighted by Gasteiger charge is 2.16. The van der Waals surface area contributed by atoms with Crippen LogP contribution in [0.2, 0.25) is 0 Å². The molecule has 0 radical (unpaired) electrons. The van der Waals surface area contributed by atoms with Crippen LogP contribution in [0.25, 0.3) is 0 Å². The third-order valence-corrected chi connectivity index (χ3v) is 3.52. The lowest BCUT2D eigenvalue weighted by atomic mass is 10.1. The summed E-state index contributed by atoms with van der Waals surface area (Å²) < 4.78 is 4.98. The van der Waals surface area contributed by atoms with Gasteiger partial charge >= 0.3 is 5.97 Å². The first kappa shape index (κ1) is 17.0. The van der Waals surface area contributed by atoms with Gasteiger partial charge in [0.1, 0.15) is 11.4 Å². The molecule has 120 valence electrons. The van der Waals surface area contributed by atoms with Gasteiger partial charge in [0.15, 0.2) is 10.9 Å². The van der Waals surface area contributed by atoms with Crippen molar-refractivity contribution in [2.45, 2.75) is 12.1 Å². The molecule has 0 spiro atoms. The van der Waals surface area contributed by atoms with Crippen LogP contribution in [0.5, 0.6) is 0 Å². The van der Waals surface area contributed by atoms with E-state index in [0.717, 1.165) is 0 Å². The van der Waals surface area contributed by atoms with Gasteiger partial charge in [0.25, 0.3) is 0 Å². The number of rotatable bonds is 7. The lowest BCUT2D eigenvalue weighted by Gasteiger charge is -2.10. The fraction of sp³-hybridized carbons (Fsp3) is 0.250. The van der Waals surface area contributed by atoms with Crippen LogP contribution < -0.4 is 5.32 Å². The maximum atomic E-state index is 12.2. The van der Waals surface area contributed by atoms with Gasteiger partial charge in [-0.1, -0.05) is 42.1 Å². The summed E-state index contributed by atoms with van der Waals surface area (Å²) in [7, 11) is 0. The number of nitrogens with zero attached hydrogens (tertiary/aromatic N) is 2. The van der Waals surface area contributed by atoms with Gasteiger partial charge in [-0.15, -0.1) is 0 Å². The summed E-state index contributed by atoms with van der Waals surface area (Å²) in [6.07, 6.45) is 3.24. The second-order valence-corrected chi connectivity index (χ2v) is 5.26. The van der Waals surface area contributed by atoms with Crippen molar-refractivity contribution in [3.8, 4) is 0 Å². The number of thioether (sulfide) groups is 1. The molecule has 0 bridgehead atoms. The van der Waals surface area contributed by atoms with Gasteiger partial charge < -0.3 is 10.1 Å². The number of carbonyl (C=O) groups excluding carboxylic acids is 2. The van der Waals surface area contributed by atoms with Gasteiger partial charge in [-0.2, -0.15) is 0 Å². The van der Waals surface area contributed by atoms with E-state index in [9.17, 15) is 9.59 Å². The third kappa shape index (κ3) is 4.53. The number of esters is 1. The molecule has 0 saturated carbocycles. The SMILES string of the molecule is CCOC(=O)c1cnc(SC)nc1NCC(=O)c1ccccc1. The zero-order valence-electron chi connectivity index (χ0n) is 12.9. The van der Waals surface area contributed by atoms with Crippen LogP contribution in [0, 0.1) is 0 Å². The number of ketones is 1. The van der Waals surface area contributed by atoms with E-state index in [4.69, 9.17) is 4.74 Å². The molecular weight excluding hydrogens is 314 g/mol. The number of ether oxygens (including phenoxy) is 1. The molecule has 1 N–H and O–H groups in total. The van der Waals surface area contributed by atoms with Crippen LogP contribution >= 0.6 is 11.8 Å². The fourth-order valence-corrected chi connectivity index (χ4v) is 2.19. The van der Waals surface area contributed by atoms with E-state index in [2.05, 4.69) is 15.3 Å². The lowest BCUT2D eigenvalue weighted by molar-refractivity contribution is 0.0526. The van der Waals surface area contributed by atoms with E-state index < -0.39 is 5.97 Å². The number of carbonyl (C=O) groups is 2. The van der Waals surface area contributed by atoms with Gasteiger partial charge in [0.2, 0.25) is 0 Å². The number of hydrogen-bond donors (Lipinski definition) is 1. The maximum Gasteiger partial charge on any atom is 0.343 e. The Balaban J connectivity index is 2.17. The summed E-state index contributed by atoms with van der Waals surface area (Å²) in [5.41, 5.74) is 0.808. The molecule has 6 nitrogen and oxygen atoms in total. The van der Waals surface area contributed by atoms with E-state index in [0.29, 0.717) is 16.5 Å². The molecule has 0 aliphatic rings. The summed E-state index contributed by atoms with van der Waals surface area (Å²) in [5, 5.41) is 3.42. The molecule has 0 unspecified atom stereocenters. The van der Waals surface area contributed by atoms with E-state index in [1.807, 2.05) is 12.3 Å². The minimum absolute atomic E-state index is 0.0290. The van der Waals surface area contributed by atoms with Crippen LogP contribution in [0.3, 0.4) is 0 Å². The summed E-state index contributed by atoms with van der Waals surface area (Å²) in [6, 6.07) is 8.92. The van der Waals surface area contributed by atoms with Crippen molar-refractivity contribution < 1.29 is 14.3 Å². The zero-order chi connectivity index (χ0) is 16.7. The summed E-state index contributed by atoms with van der Waals surface area (Å²) in [5.74, 6) is -0.313. The molecule has 0 atom stereocenters. The Morgan fingerprint density at radius 3 is 2.65 bits per heavy atom. The van der Waals surface area contributed by atoms with Gasteiger partial charge in [-0.05, 0) is 13.2 Å². The third-order valence-electron chi connectivity index (χ3n) is 2.96. The Kier molecular flexibility index (Phi) is 6.10. The molecule has 0 saturated heterocycles. The Bertz CT molecular complexity index is 692. The lowest BCUT2D eigenvalue weighted by Crippen LogP contribution is -2.18. The molecule has 0 aliphatic heterocycles. The topological polar surface area (TPSA) is 81.2 Å². The largest absolute Gasteiger partial charge is 0.462 e. The van der Waals surface area contributed by atoms with Crippen molar-refractivity contribution in [1.29, 1.82) is 0 Å². The number of aromatic nitrogens is 2. The molecule has 0 aliphatic carbocycles. The smallest absolute Gasteiger partial charge is 0.343 e. The minimum atomic E-state index is -0.519. The number of anilines is 1. The van der Waals surface area contributed by atoms with Crippen LogP contribution in [0.1, 0.15) is 27.6 Å². The Morgan fingerprint density at radius 1 is 1.26 bits per heavy atom. The molecule has 2 aromatic rings. The Labute approximate surface area is 138 Å². The number of hydrogen-bond acceptors (Lipinski definition) is 7. The highest BCUT2D eigenvalue weighted by atomic mass is 32.2. The van der Waals surface area contributed by atoms with Crippen molar-refractivity contribution in [2.75, 3.05) is 24.7 Å². The molecule has 1 heterocycles. The predicted molar refractivity (Wildman–Crippen MR) is 89.0 cm³/mol. The van der Waals surface area contributed by atoms with Crippen LogP contribution in [-0.4, -0.2) is 41.1 Å². The summed E-state index contributed by atoms with van der Waals surface area (Å²) in [6.45, 7) is 2.01. The van der Waals surface area contributed by atoms with Gasteiger partial charge in [-0.25, -0.2) is 14.8 Å². The van der Waals surface area contributed by atoms with E-state index >= 15 is 0 Å². The normalized spacial score (nSPS) is 10.2. The minimum Gasteiger partial charge on any atom is -0.462 e. The fourth-order valence-electron chi connectivity index (χ4n) is 1.85. The first-order valence-corrected chi connectivity index (χ1v) is 8.28. The highest BCUT2D eigenvalue weighted by Crippen LogP contribution is 2.17. The van der Waals surface area contributed by atoms with Gasteiger partial charge in [-0.3, -0.25) is 4.79 Å². The molecule has 0 fully saturated rings. The molecular formula is C16H17N3O3S. The first-order valence-electron chi connectivity index (χ1n) is 7.06. The zero-order valence-corrected chi connectivity index (χ0v) is 13.7. The predicted octanol–water partition coefficient (Wildman–Crippen LogP) is 2.67. The van der Waals surface area contributed by atoms with Crippen molar-refractivity contribution in [1.82, 2.24) is 9.97 Å². The second-order valence-electron chi connectivity index (χ2n) is 4.48. The number of benzene rings is 1. The van der Waals surface area contributed by atoms with E-state index in [1.54, 1.807) is 31.2 Å². The van der Waals surface area contributed by atoms with Crippen molar-refractivity contribution in [2.24, 2.45) is 0 Å². The Hall–Kier alpha value is -2.41. The van der Waals surface area contributed by atoms with Crippen molar-refractivity contribution in [3.63, 3.8) is 0 Å². The van der Waals surface area contributed by atoms with E-state index in [-0.39, 0.29) is 24.5 Å². The average molecular weight is 331 g/mol. The molecule has 2 rings (SSSR count). The van der Waals surface area contributed by atoms with Crippen molar-refractivity contribution in [3.05, 3.63) is 47.7 Å². The highest BCUT2D eigenvalue weighted by molar-refractivity contribution is 7.98. The van der Waals surface area contributed by atoms with Gasteiger partial charge in [0.05, 0.1) is 13.2 Å². The number of nitrogens with one attached hydrogen (secondary N) is 1. The van der Waals surface area contributed by atoms with Crippen LogP contribution in [0.15, 0.2) is 41.7 Å². The standard InChI is InChI=1S/C16H17N3O3S/c1-3-22-15(21)12-9-18-16(23-2)19-14(12)17-10-13(20)11-7-5-4-6-8-11/h4-9H,3,10H2,1-2H3,(H,17,18,19).